The molecule has 3 atom stereocenters. The highest BCUT2D eigenvalue weighted by Crippen LogP contribution is 2.25. The van der Waals surface area contributed by atoms with Crippen molar-refractivity contribution in [3.63, 3.8) is 0 Å². The van der Waals surface area contributed by atoms with Crippen LogP contribution in [0.1, 0.15) is 25.3 Å². The summed E-state index contributed by atoms with van der Waals surface area (Å²) in [6.07, 6.45) is 3.24. The van der Waals surface area contributed by atoms with Crippen LogP contribution in [0.25, 0.3) is 0 Å². The Morgan fingerprint density at radius 1 is 1.29 bits per heavy atom. The fraction of sp³-hybridized carbons (Fsp3) is 0.571. The van der Waals surface area contributed by atoms with Crippen molar-refractivity contribution in [3.8, 4) is 5.75 Å². The van der Waals surface area contributed by atoms with Crippen molar-refractivity contribution < 1.29 is 10.2 Å². The predicted octanol–water partition coefficient (Wildman–Crippen LogP) is 1.68. The molecule has 1 aliphatic heterocycles. The van der Waals surface area contributed by atoms with E-state index in [0.29, 0.717) is 17.7 Å². The number of aliphatic hydroxyl groups is 1. The minimum atomic E-state index is 0.236. The van der Waals surface area contributed by atoms with Crippen LogP contribution in [0, 0.1) is 5.92 Å². The molecule has 1 aromatic carbocycles. The number of hydrogen-bond acceptors (Lipinski definition) is 3. The highest BCUT2D eigenvalue weighted by atomic mass is 16.3. The van der Waals surface area contributed by atoms with Crippen molar-refractivity contribution in [2.24, 2.45) is 5.92 Å². The van der Waals surface area contributed by atoms with E-state index in [-0.39, 0.29) is 12.6 Å². The summed E-state index contributed by atoms with van der Waals surface area (Å²) < 4.78 is 0. The highest BCUT2D eigenvalue weighted by Gasteiger charge is 2.29. The van der Waals surface area contributed by atoms with Crippen molar-refractivity contribution >= 4 is 0 Å². The van der Waals surface area contributed by atoms with Crippen LogP contribution >= 0.6 is 0 Å². The molecular weight excluding hydrogens is 214 g/mol. The summed E-state index contributed by atoms with van der Waals surface area (Å²) in [5.41, 5.74) is 1.27. The first-order valence-corrected chi connectivity index (χ1v) is 6.34. The van der Waals surface area contributed by atoms with Gasteiger partial charge in [0.25, 0.3) is 0 Å². The zero-order chi connectivity index (χ0) is 12.3. The van der Waals surface area contributed by atoms with Gasteiger partial charge < -0.3 is 15.5 Å². The third kappa shape index (κ3) is 3.20. The Bertz CT molecular complexity index is 350. The molecule has 94 valence electrons. The molecule has 1 aliphatic rings. The molecule has 1 heterocycles. The maximum Gasteiger partial charge on any atom is 0.115 e. The van der Waals surface area contributed by atoms with Crippen molar-refractivity contribution in [3.05, 3.63) is 29.8 Å². The second-order valence-corrected chi connectivity index (χ2v) is 5.04. The number of benzene rings is 1. The van der Waals surface area contributed by atoms with Gasteiger partial charge in [0, 0.05) is 12.1 Å². The Labute approximate surface area is 102 Å². The van der Waals surface area contributed by atoms with Gasteiger partial charge in [-0.05, 0) is 49.8 Å². The zero-order valence-electron chi connectivity index (χ0n) is 10.3. The number of rotatable bonds is 4. The van der Waals surface area contributed by atoms with Crippen molar-refractivity contribution in [1.29, 1.82) is 0 Å². The summed E-state index contributed by atoms with van der Waals surface area (Å²) in [7, 11) is 0. The number of phenols is 1. The summed E-state index contributed by atoms with van der Waals surface area (Å²) in [5.74, 6) is 0.964. The van der Waals surface area contributed by atoms with E-state index in [0.717, 1.165) is 19.3 Å². The SMILES string of the molecule is CC1NC(CO)CC1CCc1ccc(O)cc1. The van der Waals surface area contributed by atoms with Gasteiger partial charge >= 0.3 is 0 Å². The molecule has 1 saturated heterocycles. The molecule has 3 nitrogen and oxygen atoms in total. The standard InChI is InChI=1S/C14H21NO2/c1-10-12(8-13(9-16)15-10)5-2-11-3-6-14(17)7-4-11/h3-4,6-7,10,12-13,15-17H,2,5,8-9H2,1H3. The van der Waals surface area contributed by atoms with E-state index in [9.17, 15) is 5.11 Å². The highest BCUT2D eigenvalue weighted by molar-refractivity contribution is 5.25. The predicted molar refractivity (Wildman–Crippen MR) is 68.0 cm³/mol. The lowest BCUT2D eigenvalue weighted by Gasteiger charge is -2.14. The number of hydrogen-bond donors (Lipinski definition) is 3. The Morgan fingerprint density at radius 3 is 2.59 bits per heavy atom. The molecule has 3 N–H and O–H groups in total. The van der Waals surface area contributed by atoms with Crippen LogP contribution in [0.3, 0.4) is 0 Å². The second kappa shape index (κ2) is 5.52. The minimum absolute atomic E-state index is 0.236. The molecule has 0 aromatic heterocycles. The van der Waals surface area contributed by atoms with E-state index in [1.165, 1.54) is 5.56 Å². The molecule has 0 saturated carbocycles. The molecule has 0 amide bonds. The Kier molecular flexibility index (Phi) is 4.02. The van der Waals surface area contributed by atoms with Gasteiger partial charge in [0.05, 0.1) is 6.61 Å². The summed E-state index contributed by atoms with van der Waals surface area (Å²) >= 11 is 0. The van der Waals surface area contributed by atoms with Gasteiger partial charge in [0.1, 0.15) is 5.75 Å². The van der Waals surface area contributed by atoms with E-state index < -0.39 is 0 Å². The van der Waals surface area contributed by atoms with Crippen molar-refractivity contribution in [2.45, 2.75) is 38.3 Å². The lowest BCUT2D eigenvalue weighted by molar-refractivity contribution is 0.251. The van der Waals surface area contributed by atoms with E-state index in [1.54, 1.807) is 12.1 Å². The molecule has 0 spiro atoms. The van der Waals surface area contributed by atoms with Crippen LogP contribution in [0.4, 0.5) is 0 Å². The number of aliphatic hydroxyl groups excluding tert-OH is 1. The van der Waals surface area contributed by atoms with Crippen LogP contribution in [0.5, 0.6) is 5.75 Å². The number of aryl methyl sites for hydroxylation is 1. The van der Waals surface area contributed by atoms with Crippen molar-refractivity contribution in [1.82, 2.24) is 5.32 Å². The van der Waals surface area contributed by atoms with Crippen LogP contribution in [-0.2, 0) is 6.42 Å². The van der Waals surface area contributed by atoms with Gasteiger partial charge in [-0.3, -0.25) is 0 Å². The average Bonchev–Trinajstić information content (AvgIpc) is 2.69. The molecule has 1 aromatic rings. The summed E-state index contributed by atoms with van der Waals surface area (Å²) in [4.78, 5) is 0. The van der Waals surface area contributed by atoms with E-state index in [1.807, 2.05) is 12.1 Å². The molecular formula is C14H21NO2. The molecule has 0 radical (unpaired) electrons. The lowest BCUT2D eigenvalue weighted by atomic mass is 9.93. The quantitative estimate of drug-likeness (QED) is 0.744. The van der Waals surface area contributed by atoms with Crippen molar-refractivity contribution in [2.75, 3.05) is 6.61 Å². The summed E-state index contributed by atoms with van der Waals surface area (Å²) in [6.45, 7) is 2.43. The summed E-state index contributed by atoms with van der Waals surface area (Å²) in [6, 6.07) is 8.20. The first-order valence-electron chi connectivity index (χ1n) is 6.34. The fourth-order valence-electron chi connectivity index (χ4n) is 2.66. The first kappa shape index (κ1) is 12.4. The Morgan fingerprint density at radius 2 is 2.00 bits per heavy atom. The number of nitrogens with one attached hydrogen (secondary N) is 1. The third-order valence-corrected chi connectivity index (χ3v) is 3.75. The lowest BCUT2D eigenvalue weighted by Crippen LogP contribution is -2.30. The second-order valence-electron chi connectivity index (χ2n) is 5.04. The van der Waals surface area contributed by atoms with Gasteiger partial charge in [-0.25, -0.2) is 0 Å². The van der Waals surface area contributed by atoms with Crippen LogP contribution in [0.15, 0.2) is 24.3 Å². The van der Waals surface area contributed by atoms with E-state index >= 15 is 0 Å². The largest absolute Gasteiger partial charge is 0.508 e. The van der Waals surface area contributed by atoms with Crippen LogP contribution < -0.4 is 5.32 Å². The van der Waals surface area contributed by atoms with E-state index in [2.05, 4.69) is 12.2 Å². The zero-order valence-corrected chi connectivity index (χ0v) is 10.3. The normalized spacial score (nSPS) is 28.5. The molecule has 3 unspecified atom stereocenters. The topological polar surface area (TPSA) is 52.5 Å². The Hall–Kier alpha value is -1.06. The molecule has 1 fully saturated rings. The maximum atomic E-state index is 9.21. The van der Waals surface area contributed by atoms with Gasteiger partial charge in [0.2, 0.25) is 0 Å². The number of phenolic OH excluding ortho intramolecular Hbond substituents is 1. The molecule has 2 rings (SSSR count). The van der Waals surface area contributed by atoms with Gasteiger partial charge in [-0.1, -0.05) is 12.1 Å². The maximum absolute atomic E-state index is 9.21. The van der Waals surface area contributed by atoms with Gasteiger partial charge in [-0.15, -0.1) is 0 Å². The fourth-order valence-corrected chi connectivity index (χ4v) is 2.66. The van der Waals surface area contributed by atoms with Crippen LogP contribution in [0.2, 0.25) is 0 Å². The monoisotopic (exact) mass is 235 g/mol. The average molecular weight is 235 g/mol. The molecule has 3 heteroatoms. The Balaban J connectivity index is 1.84. The van der Waals surface area contributed by atoms with Gasteiger partial charge in [0.15, 0.2) is 0 Å². The first-order chi connectivity index (χ1) is 8.19. The van der Waals surface area contributed by atoms with E-state index in [4.69, 9.17) is 5.11 Å². The van der Waals surface area contributed by atoms with Crippen LogP contribution in [-0.4, -0.2) is 28.9 Å². The smallest absolute Gasteiger partial charge is 0.115 e. The molecule has 0 aliphatic carbocycles. The minimum Gasteiger partial charge on any atom is -0.508 e. The summed E-state index contributed by atoms with van der Waals surface area (Å²) in [5, 5.41) is 21.7. The van der Waals surface area contributed by atoms with Gasteiger partial charge in [-0.2, -0.15) is 0 Å². The number of aromatic hydroxyl groups is 1. The molecule has 17 heavy (non-hydrogen) atoms. The third-order valence-electron chi connectivity index (χ3n) is 3.75. The molecule has 0 bridgehead atoms.